The van der Waals surface area contributed by atoms with Gasteiger partial charge in [0, 0.05) is 13.6 Å². The van der Waals surface area contributed by atoms with Gasteiger partial charge < -0.3 is 0 Å². The van der Waals surface area contributed by atoms with E-state index in [4.69, 9.17) is 0 Å². The summed E-state index contributed by atoms with van der Waals surface area (Å²) in [6.07, 6.45) is -8.07. The highest BCUT2D eigenvalue weighted by Crippen LogP contribution is 2.66. The Morgan fingerprint density at radius 1 is 0.474 bits per heavy atom. The first-order valence-electron chi connectivity index (χ1n) is 8.20. The van der Waals surface area contributed by atoms with E-state index in [-0.39, 0.29) is 7.05 Å². The van der Waals surface area contributed by atoms with Crippen molar-refractivity contribution in [2.75, 3.05) is 13.6 Å². The first-order valence-corrected chi connectivity index (χ1v) is 9.64. The smallest absolute Gasteiger partial charge is 0.206 e. The van der Waals surface area contributed by atoms with Gasteiger partial charge in [0.05, 0.1) is 0 Å². The summed E-state index contributed by atoms with van der Waals surface area (Å²) in [5.74, 6) is -72.1. The zero-order valence-electron chi connectivity index (χ0n) is 17.0. The van der Waals surface area contributed by atoms with Crippen molar-refractivity contribution in [1.29, 1.82) is 0 Å². The van der Waals surface area contributed by atoms with Gasteiger partial charge in [0.25, 0.3) is 10.0 Å². The molecule has 0 aromatic carbocycles. The lowest BCUT2D eigenvalue weighted by molar-refractivity contribution is -0.472. The predicted molar refractivity (Wildman–Crippen MR) is 77.5 cm³/mol. The first kappa shape index (κ1) is 36.4. The monoisotopic (exact) mass is 640 g/mol. The normalized spacial score (nSPS) is 16.8. The fourth-order valence-corrected chi connectivity index (χ4v) is 3.11. The molecule has 0 aromatic rings. The van der Waals surface area contributed by atoms with E-state index in [1.165, 1.54) is 0 Å². The van der Waals surface area contributed by atoms with Crippen molar-refractivity contribution >= 4 is 10.0 Å². The molecule has 0 amide bonds. The van der Waals surface area contributed by atoms with Crippen LogP contribution < -0.4 is 0 Å². The molecule has 25 heteroatoms. The number of nitrogens with zero attached hydrogens (tertiary/aromatic N) is 1. The summed E-state index contributed by atoms with van der Waals surface area (Å²) in [5.41, 5.74) is 0. The van der Waals surface area contributed by atoms with Crippen LogP contribution in [0.3, 0.4) is 0 Å². The highest BCUT2D eigenvalue weighted by molar-refractivity contribution is 7.90. The van der Waals surface area contributed by atoms with E-state index in [0.29, 0.717) is 0 Å². The number of sulfonamides is 1. The van der Waals surface area contributed by atoms with Gasteiger partial charge in [-0.05, 0) is 6.92 Å². The Hall–Kier alpha value is -1.56. The molecule has 38 heavy (non-hydrogen) atoms. The summed E-state index contributed by atoms with van der Waals surface area (Å²) in [7, 11) is -7.62. The van der Waals surface area contributed by atoms with E-state index in [1.807, 2.05) is 0 Å². The van der Waals surface area contributed by atoms with Crippen molar-refractivity contribution in [3.8, 4) is 0 Å². The average Bonchev–Trinajstić information content (AvgIpc) is 2.70. The Labute approximate surface area is 195 Å². The minimum Gasteiger partial charge on any atom is -0.206 e. The lowest BCUT2D eigenvalue weighted by atomic mass is 9.87. The van der Waals surface area contributed by atoms with Crippen LogP contribution in [0.4, 0.5) is 92.2 Å². The van der Waals surface area contributed by atoms with Crippen LogP contribution in [-0.4, -0.2) is 85.1 Å². The van der Waals surface area contributed by atoms with Crippen molar-refractivity contribution in [3.05, 3.63) is 6.92 Å². The lowest BCUT2D eigenvalue weighted by Gasteiger charge is -2.44. The molecule has 0 aliphatic carbocycles. The molecule has 0 heterocycles. The molecule has 0 N–H and O–H groups in total. The molecule has 0 fully saturated rings. The van der Waals surface area contributed by atoms with Gasteiger partial charge in [0.15, 0.2) is 0 Å². The summed E-state index contributed by atoms with van der Waals surface area (Å²) >= 11 is 0. The van der Waals surface area contributed by atoms with Crippen LogP contribution in [0.15, 0.2) is 0 Å². The lowest BCUT2D eigenvalue weighted by Crippen LogP contribution is -2.77. The zero-order chi connectivity index (χ0) is 31.8. The highest BCUT2D eigenvalue weighted by atomic mass is 32.2. The first-order chi connectivity index (χ1) is 16.0. The fourth-order valence-electron chi connectivity index (χ4n) is 2.02. The van der Waals surface area contributed by atoms with Crippen molar-refractivity contribution < 1.29 is 101 Å². The maximum absolute atomic E-state index is 13.7. The quantitative estimate of drug-likeness (QED) is 0.248. The van der Waals surface area contributed by atoms with Crippen LogP contribution >= 0.6 is 0 Å². The average molecular weight is 640 g/mol. The van der Waals surface area contributed by atoms with Crippen molar-refractivity contribution in [2.24, 2.45) is 0 Å². The third-order valence-corrected chi connectivity index (χ3v) is 6.44. The zero-order valence-corrected chi connectivity index (χ0v) is 17.8. The summed E-state index contributed by atoms with van der Waals surface area (Å²) in [5, 5.41) is -7.75. The van der Waals surface area contributed by atoms with Crippen LogP contribution in [0.2, 0.25) is 0 Å². The minimum atomic E-state index is -9.33. The van der Waals surface area contributed by atoms with E-state index in [2.05, 4.69) is 6.92 Å². The Morgan fingerprint density at radius 2 is 0.684 bits per heavy atom. The molecule has 0 aromatic heterocycles. The topological polar surface area (TPSA) is 37.4 Å². The van der Waals surface area contributed by atoms with Crippen molar-refractivity contribution in [2.45, 2.75) is 58.8 Å². The van der Waals surface area contributed by atoms with Crippen LogP contribution in [0.1, 0.15) is 0 Å². The molecule has 3 nitrogen and oxygen atoms in total. The molecule has 0 bridgehead atoms. The molecule has 0 aliphatic rings. The minimum absolute atomic E-state index is 0.213. The molecule has 0 spiro atoms. The number of halogens is 21. The van der Waals surface area contributed by atoms with Gasteiger partial charge in [-0.1, -0.05) is 0 Å². The van der Waals surface area contributed by atoms with Crippen LogP contribution in [0.5, 0.6) is 0 Å². The van der Waals surface area contributed by atoms with Gasteiger partial charge in [0.2, 0.25) is 0 Å². The van der Waals surface area contributed by atoms with E-state index >= 15 is 0 Å². The maximum atomic E-state index is 13.7. The Balaban J connectivity index is 7.28. The van der Waals surface area contributed by atoms with Gasteiger partial charge in [-0.25, -0.2) is 8.42 Å². The molecular formula is C13H7F21NO2S. The van der Waals surface area contributed by atoms with E-state index in [9.17, 15) is 101 Å². The van der Waals surface area contributed by atoms with Crippen molar-refractivity contribution in [3.63, 3.8) is 0 Å². The number of rotatable bonds is 11. The van der Waals surface area contributed by atoms with Crippen molar-refractivity contribution in [1.82, 2.24) is 4.31 Å². The van der Waals surface area contributed by atoms with Crippen LogP contribution in [-0.2, 0) is 10.0 Å². The van der Waals surface area contributed by atoms with Gasteiger partial charge in [-0.2, -0.15) is 96.5 Å². The molecule has 229 valence electrons. The molecule has 0 aliphatic heterocycles. The fraction of sp³-hybridized carbons (Fsp3) is 0.923. The second-order valence-electron chi connectivity index (χ2n) is 6.94. The number of alkyl halides is 21. The molecule has 0 saturated heterocycles. The van der Waals surface area contributed by atoms with Crippen LogP contribution in [0, 0.1) is 6.92 Å². The standard InChI is InChI=1S/C13H7F21NO2S/c1-3-35(2)38(36,37)13(33,34)11(28,29)9(24,25)7(20,21)5(16,17)4(14,15)6(18,19)8(22,23)10(26,27)12(30,31)32/h1,3H2,2H3. The summed E-state index contributed by atoms with van der Waals surface area (Å²) < 4.78 is 299. The maximum Gasteiger partial charge on any atom is 0.460 e. The SMILES string of the molecule is [CH2]CN(C)S(=O)(=O)C(F)(F)C(F)(F)C(F)(F)C(F)(F)C(F)(F)C(F)(F)C(F)(F)C(F)(F)C(F)(F)C(F)(F)F. The third-order valence-electron chi connectivity index (χ3n) is 4.53. The largest absolute Gasteiger partial charge is 0.460 e. The molecule has 0 atom stereocenters. The summed E-state index contributed by atoms with van der Waals surface area (Å²) in [6, 6.07) is 0. The Bertz CT molecular complexity index is 982. The van der Waals surface area contributed by atoms with Gasteiger partial charge in [-0.15, -0.1) is 0 Å². The van der Waals surface area contributed by atoms with Gasteiger partial charge in [0.1, 0.15) is 0 Å². The summed E-state index contributed by atoms with van der Waals surface area (Å²) in [4.78, 5) is 0. The second-order valence-corrected chi connectivity index (χ2v) is 9.02. The van der Waals surface area contributed by atoms with E-state index in [0.717, 1.165) is 0 Å². The Morgan fingerprint density at radius 3 is 0.895 bits per heavy atom. The molecular weight excluding hydrogens is 633 g/mol. The molecule has 0 unspecified atom stereocenters. The molecule has 0 saturated carbocycles. The summed E-state index contributed by atoms with van der Waals surface area (Å²) in [6.45, 7) is 0.795. The third kappa shape index (κ3) is 4.14. The molecule has 0 rings (SSSR count). The molecule has 1 radical (unpaired) electrons. The van der Waals surface area contributed by atoms with E-state index in [1.54, 1.807) is 0 Å². The van der Waals surface area contributed by atoms with E-state index < -0.39 is 79.7 Å². The number of hydrogen-bond acceptors (Lipinski definition) is 2. The number of hydrogen-bond donors (Lipinski definition) is 0. The predicted octanol–water partition coefficient (Wildman–Crippen LogP) is 6.32. The van der Waals surface area contributed by atoms with Gasteiger partial charge in [-0.3, -0.25) is 0 Å². The van der Waals surface area contributed by atoms with Gasteiger partial charge >= 0.3 is 58.8 Å². The Kier molecular flexibility index (Phi) is 8.61. The second kappa shape index (κ2) is 8.97. The van der Waals surface area contributed by atoms with Crippen LogP contribution in [0.25, 0.3) is 0 Å². The highest BCUT2D eigenvalue weighted by Gasteiger charge is 2.98.